The van der Waals surface area contributed by atoms with Crippen LogP contribution in [0, 0.1) is 0 Å². The Labute approximate surface area is 110 Å². The summed E-state index contributed by atoms with van der Waals surface area (Å²) in [6.07, 6.45) is 0.760. The van der Waals surface area contributed by atoms with E-state index in [1.165, 1.54) is 0 Å². The van der Waals surface area contributed by atoms with E-state index in [2.05, 4.69) is 22.5 Å². The van der Waals surface area contributed by atoms with E-state index >= 15 is 0 Å². The van der Waals surface area contributed by atoms with Crippen LogP contribution in [0.3, 0.4) is 0 Å². The first-order valence-corrected chi connectivity index (χ1v) is 5.52. The lowest BCUT2D eigenvalue weighted by Gasteiger charge is -2.13. The molecule has 0 saturated heterocycles. The van der Waals surface area contributed by atoms with Gasteiger partial charge in [0.1, 0.15) is 0 Å². The summed E-state index contributed by atoms with van der Waals surface area (Å²) in [4.78, 5) is 0. The van der Waals surface area contributed by atoms with Crippen LogP contribution in [0.1, 0.15) is 24.9 Å². The molecule has 0 amide bonds. The van der Waals surface area contributed by atoms with Crippen molar-refractivity contribution in [2.24, 2.45) is 5.73 Å². The number of hydrogen-bond acceptors (Lipinski definition) is 1. The van der Waals surface area contributed by atoms with E-state index < -0.39 is 0 Å². The van der Waals surface area contributed by atoms with Crippen LogP contribution in [-0.4, -0.2) is 0 Å². The van der Waals surface area contributed by atoms with Gasteiger partial charge in [-0.1, -0.05) is 33.1 Å². The highest BCUT2D eigenvalue weighted by Crippen LogP contribution is 2.28. The van der Waals surface area contributed by atoms with Crippen molar-refractivity contribution in [2.45, 2.75) is 19.4 Å². The summed E-state index contributed by atoms with van der Waals surface area (Å²) in [7, 11) is 0. The summed E-state index contributed by atoms with van der Waals surface area (Å²) < 4.78 is 0.995. The fourth-order valence-electron chi connectivity index (χ4n) is 1.28. The third-order valence-corrected chi connectivity index (χ3v) is 2.76. The number of benzene rings is 1. The lowest BCUT2D eigenvalue weighted by atomic mass is 10.0. The lowest BCUT2D eigenvalue weighted by molar-refractivity contribution is 0.717. The topological polar surface area (TPSA) is 26.0 Å². The molecular weight excluding hydrogens is 297 g/mol. The van der Waals surface area contributed by atoms with Gasteiger partial charge in [0.05, 0.1) is 0 Å². The Hall–Kier alpha value is -0.0200. The molecule has 0 heterocycles. The van der Waals surface area contributed by atoms with Crippen LogP contribution in [-0.2, 0) is 0 Å². The molecule has 15 heavy (non-hydrogen) atoms. The van der Waals surface area contributed by atoms with E-state index in [1.54, 1.807) is 0 Å². The van der Waals surface area contributed by atoms with Gasteiger partial charge < -0.3 is 5.73 Å². The molecular formula is C11H14BrCl2N. The summed E-state index contributed by atoms with van der Waals surface area (Å²) in [5.74, 6) is 0. The van der Waals surface area contributed by atoms with Crippen LogP contribution in [0.15, 0.2) is 34.8 Å². The Balaban J connectivity index is 0.00000196. The first-order valence-electron chi connectivity index (χ1n) is 4.35. The predicted octanol–water partition coefficient (Wildman–Crippen LogP) is 4.49. The normalized spacial score (nSPS) is 11.7. The molecule has 4 heteroatoms. The Morgan fingerprint density at radius 1 is 1.60 bits per heavy atom. The average molecular weight is 311 g/mol. The van der Waals surface area contributed by atoms with Crippen molar-refractivity contribution >= 4 is 39.9 Å². The van der Waals surface area contributed by atoms with E-state index in [0.717, 1.165) is 22.0 Å². The number of hydrogen-bond donors (Lipinski definition) is 1. The van der Waals surface area contributed by atoms with Crippen LogP contribution in [0.2, 0.25) is 5.02 Å². The molecule has 2 N–H and O–H groups in total. The molecule has 1 nitrogen and oxygen atoms in total. The zero-order valence-corrected chi connectivity index (χ0v) is 11.6. The van der Waals surface area contributed by atoms with Crippen LogP contribution >= 0.6 is 39.9 Å². The number of halogens is 3. The Kier molecular flexibility index (Phi) is 6.53. The summed E-state index contributed by atoms with van der Waals surface area (Å²) in [5.41, 5.74) is 8.03. The summed E-state index contributed by atoms with van der Waals surface area (Å²) in [6.45, 7) is 5.80. The second kappa shape index (κ2) is 6.54. The van der Waals surface area contributed by atoms with Crippen molar-refractivity contribution in [2.75, 3.05) is 0 Å². The summed E-state index contributed by atoms with van der Waals surface area (Å²) in [5, 5.41) is 0.710. The average Bonchev–Trinajstić information content (AvgIpc) is 2.08. The SMILES string of the molecule is C=C(C)C[C@H](N)c1cc(Br)ccc1Cl.Cl. The van der Waals surface area contributed by atoms with E-state index in [4.69, 9.17) is 17.3 Å². The largest absolute Gasteiger partial charge is 0.324 e. The molecule has 1 rings (SSSR count). The zero-order valence-electron chi connectivity index (χ0n) is 8.47. The summed E-state index contributed by atoms with van der Waals surface area (Å²) in [6, 6.07) is 5.63. The third-order valence-electron chi connectivity index (χ3n) is 1.93. The summed E-state index contributed by atoms with van der Waals surface area (Å²) >= 11 is 9.44. The van der Waals surface area contributed by atoms with Gasteiger partial charge in [-0.2, -0.15) is 0 Å². The molecule has 0 aliphatic carbocycles. The second-order valence-corrected chi connectivity index (χ2v) is 4.76. The van der Waals surface area contributed by atoms with Gasteiger partial charge in [0.25, 0.3) is 0 Å². The third kappa shape index (κ3) is 4.56. The van der Waals surface area contributed by atoms with Crippen molar-refractivity contribution in [1.29, 1.82) is 0 Å². The van der Waals surface area contributed by atoms with Gasteiger partial charge in [0.15, 0.2) is 0 Å². The van der Waals surface area contributed by atoms with Gasteiger partial charge in [-0.15, -0.1) is 19.0 Å². The second-order valence-electron chi connectivity index (χ2n) is 3.43. The van der Waals surface area contributed by atoms with E-state index in [1.807, 2.05) is 25.1 Å². The van der Waals surface area contributed by atoms with E-state index in [-0.39, 0.29) is 18.4 Å². The van der Waals surface area contributed by atoms with Crippen molar-refractivity contribution in [3.63, 3.8) is 0 Å². The minimum absolute atomic E-state index is 0. The fourth-order valence-corrected chi connectivity index (χ4v) is 1.92. The molecule has 0 radical (unpaired) electrons. The maximum absolute atomic E-state index is 6.04. The molecule has 0 fully saturated rings. The molecule has 0 aromatic heterocycles. The standard InChI is InChI=1S/C11H13BrClN.ClH/c1-7(2)5-11(14)9-6-8(12)3-4-10(9)13;/h3-4,6,11H,1,5,14H2,2H3;1H/t11-;/m0./s1. The van der Waals surface area contributed by atoms with E-state index in [9.17, 15) is 0 Å². The van der Waals surface area contributed by atoms with Crippen molar-refractivity contribution in [3.05, 3.63) is 45.4 Å². The quantitative estimate of drug-likeness (QED) is 0.818. The molecule has 0 saturated carbocycles. The molecule has 1 aromatic carbocycles. The maximum atomic E-state index is 6.04. The zero-order chi connectivity index (χ0) is 10.7. The van der Waals surface area contributed by atoms with Gasteiger partial charge >= 0.3 is 0 Å². The smallest absolute Gasteiger partial charge is 0.0454 e. The molecule has 0 unspecified atom stereocenters. The Morgan fingerprint density at radius 2 is 2.20 bits per heavy atom. The Morgan fingerprint density at radius 3 is 2.73 bits per heavy atom. The van der Waals surface area contributed by atoms with Gasteiger partial charge in [-0.05, 0) is 37.1 Å². The first-order chi connectivity index (χ1) is 6.50. The fraction of sp³-hybridized carbons (Fsp3) is 0.273. The highest BCUT2D eigenvalue weighted by molar-refractivity contribution is 9.10. The van der Waals surface area contributed by atoms with Crippen LogP contribution in [0.4, 0.5) is 0 Å². The lowest BCUT2D eigenvalue weighted by Crippen LogP contribution is -2.10. The minimum atomic E-state index is -0.0718. The van der Waals surface area contributed by atoms with Crippen molar-refractivity contribution in [3.8, 4) is 0 Å². The van der Waals surface area contributed by atoms with Crippen LogP contribution in [0.25, 0.3) is 0 Å². The number of rotatable bonds is 3. The Bertz CT molecular complexity index is 352. The minimum Gasteiger partial charge on any atom is -0.324 e. The van der Waals surface area contributed by atoms with Crippen LogP contribution in [0.5, 0.6) is 0 Å². The van der Waals surface area contributed by atoms with E-state index in [0.29, 0.717) is 5.02 Å². The van der Waals surface area contributed by atoms with Crippen LogP contribution < -0.4 is 5.73 Å². The monoisotopic (exact) mass is 309 g/mol. The molecule has 84 valence electrons. The molecule has 0 aliphatic heterocycles. The van der Waals surface area contributed by atoms with Gasteiger partial charge in [0, 0.05) is 15.5 Å². The molecule has 0 aliphatic rings. The van der Waals surface area contributed by atoms with Gasteiger partial charge in [-0.25, -0.2) is 0 Å². The first kappa shape index (κ1) is 15.0. The van der Waals surface area contributed by atoms with Gasteiger partial charge in [0.2, 0.25) is 0 Å². The molecule has 0 spiro atoms. The highest BCUT2D eigenvalue weighted by atomic mass is 79.9. The molecule has 1 atom stereocenters. The predicted molar refractivity (Wildman–Crippen MR) is 72.8 cm³/mol. The van der Waals surface area contributed by atoms with Crippen molar-refractivity contribution in [1.82, 2.24) is 0 Å². The maximum Gasteiger partial charge on any atom is 0.0454 e. The highest BCUT2D eigenvalue weighted by Gasteiger charge is 2.10. The molecule has 0 bridgehead atoms. The molecule has 1 aromatic rings. The number of nitrogens with two attached hydrogens (primary N) is 1. The van der Waals surface area contributed by atoms with Gasteiger partial charge in [-0.3, -0.25) is 0 Å². The van der Waals surface area contributed by atoms with Crippen molar-refractivity contribution < 1.29 is 0 Å².